The van der Waals surface area contributed by atoms with Gasteiger partial charge in [0.1, 0.15) is 5.69 Å². The predicted octanol–water partition coefficient (Wildman–Crippen LogP) is 2.20. The van der Waals surface area contributed by atoms with E-state index in [9.17, 15) is 4.79 Å². The van der Waals surface area contributed by atoms with E-state index in [0.717, 1.165) is 39.1 Å². The topological polar surface area (TPSA) is 59.4 Å². The van der Waals surface area contributed by atoms with Gasteiger partial charge < -0.3 is 10.1 Å². The minimum Gasteiger partial charge on any atom is -0.372 e. The van der Waals surface area contributed by atoms with E-state index in [1.54, 1.807) is 24.0 Å². The van der Waals surface area contributed by atoms with Gasteiger partial charge in [0.15, 0.2) is 0 Å². The fourth-order valence-corrected chi connectivity index (χ4v) is 5.13. The molecule has 2 aromatic heterocycles. The lowest BCUT2D eigenvalue weighted by Gasteiger charge is -2.50. The highest BCUT2D eigenvalue weighted by molar-refractivity contribution is 7.10. The van der Waals surface area contributed by atoms with Crippen molar-refractivity contribution in [1.29, 1.82) is 0 Å². The first kappa shape index (κ1) is 17.7. The van der Waals surface area contributed by atoms with Gasteiger partial charge in [0.25, 0.3) is 5.91 Å². The van der Waals surface area contributed by atoms with Crippen molar-refractivity contribution in [3.63, 3.8) is 0 Å². The molecule has 0 radical (unpaired) electrons. The maximum Gasteiger partial charge on any atom is 0.269 e. The number of hydrogen-bond acceptors (Lipinski definition) is 5. The molecule has 1 atom stereocenters. The zero-order chi connectivity index (χ0) is 18.1. The lowest BCUT2D eigenvalue weighted by atomic mass is 9.79. The molecule has 7 heteroatoms. The third-order valence-corrected chi connectivity index (χ3v) is 6.76. The van der Waals surface area contributed by atoms with Gasteiger partial charge in [-0.25, -0.2) is 0 Å². The molecule has 2 aliphatic heterocycles. The van der Waals surface area contributed by atoms with E-state index in [-0.39, 0.29) is 11.5 Å². The number of carbonyl (C=O) groups is 1. The highest BCUT2D eigenvalue weighted by Crippen LogP contribution is 2.42. The fraction of sp³-hybridized carbons (Fsp3) is 0.579. The molecule has 0 unspecified atom stereocenters. The molecule has 0 aromatic carbocycles. The monoisotopic (exact) mass is 374 g/mol. The number of carbonyl (C=O) groups excluding carboxylic acids is 1. The molecule has 140 valence electrons. The number of thiophene rings is 1. The summed E-state index contributed by atoms with van der Waals surface area (Å²) >= 11 is 1.84. The van der Waals surface area contributed by atoms with Crippen LogP contribution in [0.5, 0.6) is 0 Å². The second-order valence-corrected chi connectivity index (χ2v) is 8.46. The Bertz CT molecular complexity index is 778. The summed E-state index contributed by atoms with van der Waals surface area (Å²) in [6, 6.07) is 3.93. The van der Waals surface area contributed by atoms with Crippen molar-refractivity contribution in [1.82, 2.24) is 20.0 Å². The molecule has 4 heterocycles. The van der Waals surface area contributed by atoms with Crippen LogP contribution in [0, 0.1) is 12.8 Å². The summed E-state index contributed by atoms with van der Waals surface area (Å²) in [5, 5.41) is 9.24. The highest BCUT2D eigenvalue weighted by Gasteiger charge is 2.52. The van der Waals surface area contributed by atoms with Crippen LogP contribution in [0.3, 0.4) is 0 Å². The van der Waals surface area contributed by atoms with Crippen LogP contribution in [0.2, 0.25) is 0 Å². The van der Waals surface area contributed by atoms with Crippen molar-refractivity contribution < 1.29 is 9.53 Å². The maximum atomic E-state index is 12.2. The molecule has 1 amide bonds. The van der Waals surface area contributed by atoms with Crippen LogP contribution >= 0.6 is 11.3 Å². The fourth-order valence-electron chi connectivity index (χ4n) is 4.18. The van der Waals surface area contributed by atoms with Gasteiger partial charge in [-0.2, -0.15) is 5.10 Å². The van der Waals surface area contributed by atoms with Gasteiger partial charge in [0.05, 0.1) is 5.60 Å². The van der Waals surface area contributed by atoms with E-state index in [4.69, 9.17) is 4.74 Å². The predicted molar refractivity (Wildman–Crippen MR) is 101 cm³/mol. The smallest absolute Gasteiger partial charge is 0.269 e. The SMILES string of the molecule is Cc1ccsc1CN1CC2(C1)OCC[C@H]2CCNC(=O)c1ccnn1C. The number of nitrogens with one attached hydrogen (secondary N) is 1. The van der Waals surface area contributed by atoms with Gasteiger partial charge in [0.2, 0.25) is 0 Å². The van der Waals surface area contributed by atoms with Gasteiger partial charge in [-0.1, -0.05) is 0 Å². The van der Waals surface area contributed by atoms with Crippen LogP contribution in [-0.2, 0) is 18.3 Å². The second kappa shape index (κ2) is 7.13. The first-order valence-electron chi connectivity index (χ1n) is 9.23. The lowest BCUT2D eigenvalue weighted by Crippen LogP contribution is -2.64. The van der Waals surface area contributed by atoms with Crippen molar-refractivity contribution in [3.05, 3.63) is 39.8 Å². The number of amides is 1. The van der Waals surface area contributed by atoms with Gasteiger partial charge in [-0.3, -0.25) is 14.4 Å². The zero-order valence-corrected chi connectivity index (χ0v) is 16.2. The number of aryl methyl sites for hydroxylation is 2. The number of hydrogen-bond donors (Lipinski definition) is 1. The first-order chi connectivity index (χ1) is 12.6. The molecule has 6 nitrogen and oxygen atoms in total. The third-order valence-electron chi connectivity index (χ3n) is 5.75. The minimum absolute atomic E-state index is 0.00240. The van der Waals surface area contributed by atoms with Crippen molar-refractivity contribution in [2.75, 3.05) is 26.2 Å². The van der Waals surface area contributed by atoms with Gasteiger partial charge >= 0.3 is 0 Å². The number of likely N-dealkylation sites (tertiary alicyclic amines) is 1. The van der Waals surface area contributed by atoms with E-state index in [1.165, 1.54) is 10.4 Å². The average molecular weight is 375 g/mol. The summed E-state index contributed by atoms with van der Waals surface area (Å²) in [7, 11) is 1.78. The summed E-state index contributed by atoms with van der Waals surface area (Å²) in [5.74, 6) is 0.469. The van der Waals surface area contributed by atoms with Crippen molar-refractivity contribution in [2.45, 2.75) is 31.9 Å². The van der Waals surface area contributed by atoms with Crippen molar-refractivity contribution >= 4 is 17.2 Å². The Kier molecular flexibility index (Phi) is 4.86. The van der Waals surface area contributed by atoms with E-state index in [1.807, 2.05) is 11.3 Å². The number of ether oxygens (including phenoxy) is 1. The lowest BCUT2D eigenvalue weighted by molar-refractivity contribution is -0.136. The molecule has 2 aliphatic rings. The second-order valence-electron chi connectivity index (χ2n) is 7.46. The molecule has 0 aliphatic carbocycles. The van der Waals surface area contributed by atoms with E-state index < -0.39 is 0 Å². The molecule has 26 heavy (non-hydrogen) atoms. The van der Waals surface area contributed by atoms with Crippen LogP contribution in [0.25, 0.3) is 0 Å². The molecule has 0 bridgehead atoms. The first-order valence-corrected chi connectivity index (χ1v) is 10.1. The molecule has 1 spiro atoms. The largest absolute Gasteiger partial charge is 0.372 e. The maximum absolute atomic E-state index is 12.2. The molecule has 2 saturated heterocycles. The molecule has 0 saturated carbocycles. The van der Waals surface area contributed by atoms with Gasteiger partial charge in [-0.05, 0) is 48.8 Å². The number of rotatable bonds is 6. The Balaban J connectivity index is 1.26. The Hall–Kier alpha value is -1.70. The summed E-state index contributed by atoms with van der Waals surface area (Å²) in [5.41, 5.74) is 1.99. The zero-order valence-electron chi connectivity index (χ0n) is 15.4. The Labute approximate surface area is 158 Å². The van der Waals surface area contributed by atoms with Crippen LogP contribution in [-0.4, -0.2) is 52.4 Å². The molecular formula is C19H26N4O2S. The molecule has 1 N–H and O–H groups in total. The summed E-state index contributed by atoms with van der Waals surface area (Å²) in [6.07, 6.45) is 3.70. The standard InChI is InChI=1S/C19H26N4O2S/c1-14-6-10-26-17(14)11-23-12-19(13-23)15(5-9-25-19)3-7-20-18(24)16-4-8-21-22(16)2/h4,6,8,10,15H,3,5,7,9,11-13H2,1-2H3,(H,20,24)/t15-/m1/s1. The molecular weight excluding hydrogens is 348 g/mol. The van der Waals surface area contributed by atoms with E-state index in [0.29, 0.717) is 18.2 Å². The van der Waals surface area contributed by atoms with Crippen LogP contribution in [0.1, 0.15) is 33.8 Å². The minimum atomic E-state index is -0.0543. The Morgan fingerprint density at radius 1 is 1.46 bits per heavy atom. The molecule has 4 rings (SSSR count). The Morgan fingerprint density at radius 2 is 2.31 bits per heavy atom. The Morgan fingerprint density at radius 3 is 3.00 bits per heavy atom. The van der Waals surface area contributed by atoms with Crippen molar-refractivity contribution in [3.8, 4) is 0 Å². The average Bonchev–Trinajstić information content (AvgIpc) is 3.29. The van der Waals surface area contributed by atoms with Crippen molar-refractivity contribution in [2.24, 2.45) is 13.0 Å². The summed E-state index contributed by atoms with van der Waals surface area (Å²) in [4.78, 5) is 16.1. The summed E-state index contributed by atoms with van der Waals surface area (Å²) < 4.78 is 7.76. The quantitative estimate of drug-likeness (QED) is 0.842. The molecule has 2 aromatic rings. The molecule has 2 fully saturated rings. The van der Waals surface area contributed by atoms with E-state index >= 15 is 0 Å². The van der Waals surface area contributed by atoms with Gasteiger partial charge in [0, 0.05) is 50.9 Å². The third kappa shape index (κ3) is 3.31. The van der Waals surface area contributed by atoms with Crippen LogP contribution in [0.4, 0.5) is 0 Å². The highest BCUT2D eigenvalue weighted by atomic mass is 32.1. The van der Waals surface area contributed by atoms with Crippen LogP contribution < -0.4 is 5.32 Å². The van der Waals surface area contributed by atoms with E-state index in [2.05, 4.69) is 33.7 Å². The normalized spacial score (nSPS) is 21.8. The number of aromatic nitrogens is 2. The van der Waals surface area contributed by atoms with Crippen LogP contribution in [0.15, 0.2) is 23.7 Å². The summed E-state index contributed by atoms with van der Waals surface area (Å²) in [6.45, 7) is 6.74. The number of nitrogens with zero attached hydrogens (tertiary/aromatic N) is 3. The van der Waals surface area contributed by atoms with Gasteiger partial charge in [-0.15, -0.1) is 11.3 Å².